The summed E-state index contributed by atoms with van der Waals surface area (Å²) >= 11 is 1.39. The highest BCUT2D eigenvalue weighted by Gasteiger charge is 2.27. The van der Waals surface area contributed by atoms with E-state index in [0.717, 1.165) is 75.7 Å². The molecule has 33 heavy (non-hydrogen) atoms. The number of aromatic nitrogens is 3. The Hall–Kier alpha value is -2.20. The van der Waals surface area contributed by atoms with Crippen LogP contribution >= 0.6 is 11.3 Å². The van der Waals surface area contributed by atoms with Crippen LogP contribution in [0.3, 0.4) is 0 Å². The molecule has 10 heteroatoms. The van der Waals surface area contributed by atoms with Crippen molar-refractivity contribution < 1.29 is 18.3 Å². The zero-order valence-electron chi connectivity index (χ0n) is 19.1. The Bertz CT molecular complexity index is 957. The van der Waals surface area contributed by atoms with E-state index in [1.165, 1.54) is 11.3 Å². The number of amides is 1. The number of fused-ring (bicyclic) bond motifs is 1. The normalized spacial score (nSPS) is 21.5. The van der Waals surface area contributed by atoms with Crippen molar-refractivity contribution in [3.8, 4) is 5.19 Å². The van der Waals surface area contributed by atoms with Gasteiger partial charge in [0.05, 0.1) is 23.1 Å². The summed E-state index contributed by atoms with van der Waals surface area (Å²) in [6.07, 6.45) is 7.76. The second kappa shape index (κ2) is 10.4. The molecule has 4 rings (SSSR count). The molecule has 0 unspecified atom stereocenters. The second-order valence-corrected chi connectivity index (χ2v) is 10.3. The van der Waals surface area contributed by atoms with Gasteiger partial charge in [-0.2, -0.15) is 10.2 Å². The lowest BCUT2D eigenvalue weighted by Crippen LogP contribution is -2.38. The molecule has 1 N–H and O–H groups in total. The van der Waals surface area contributed by atoms with E-state index in [1.54, 1.807) is 19.2 Å². The summed E-state index contributed by atoms with van der Waals surface area (Å²) < 4.78 is 31.2. The maximum Gasteiger partial charge on any atom is 0.278 e. The number of rotatable bonds is 8. The fourth-order valence-corrected chi connectivity index (χ4v) is 5.44. The second-order valence-electron chi connectivity index (χ2n) is 9.24. The third-order valence-corrected chi connectivity index (χ3v) is 7.49. The van der Waals surface area contributed by atoms with Crippen LogP contribution in [0.4, 0.5) is 8.78 Å². The Morgan fingerprint density at radius 1 is 1.33 bits per heavy atom. The zero-order chi connectivity index (χ0) is 23.4. The van der Waals surface area contributed by atoms with Gasteiger partial charge in [0.25, 0.3) is 17.0 Å². The van der Waals surface area contributed by atoms with Gasteiger partial charge in [-0.1, -0.05) is 11.3 Å². The first-order valence-electron chi connectivity index (χ1n) is 11.6. The van der Waals surface area contributed by atoms with Crippen LogP contribution in [-0.4, -0.2) is 57.6 Å². The maximum absolute atomic E-state index is 13.0. The number of carbonyl (C=O) groups excluding carboxylic acids is 1. The SMILES string of the molecule is Cc1nnccc1C(=O)N[C@H]1CC[C@H](CCN2CCc3sc(OCC(C)(F)F)nc3C2)CC1. The minimum absolute atomic E-state index is 0.0655. The first-order chi connectivity index (χ1) is 15.8. The lowest BCUT2D eigenvalue weighted by molar-refractivity contribution is -0.0230. The molecular formula is C23H31F2N5O2S. The highest BCUT2D eigenvalue weighted by Crippen LogP contribution is 2.32. The number of alkyl halides is 2. The lowest BCUT2D eigenvalue weighted by Gasteiger charge is -2.32. The number of nitrogens with zero attached hydrogens (tertiary/aromatic N) is 4. The molecule has 1 aliphatic carbocycles. The minimum atomic E-state index is -2.85. The summed E-state index contributed by atoms with van der Waals surface area (Å²) in [6, 6.07) is 1.92. The molecule has 3 heterocycles. The van der Waals surface area contributed by atoms with Crippen LogP contribution < -0.4 is 10.1 Å². The summed E-state index contributed by atoms with van der Waals surface area (Å²) in [5, 5.41) is 11.3. The number of carbonyl (C=O) groups is 1. The van der Waals surface area contributed by atoms with Crippen molar-refractivity contribution in [2.24, 2.45) is 5.92 Å². The third kappa shape index (κ3) is 6.66. The fraction of sp³-hybridized carbons (Fsp3) is 0.652. The van der Waals surface area contributed by atoms with E-state index in [0.29, 0.717) is 22.4 Å². The van der Waals surface area contributed by atoms with Gasteiger partial charge in [-0.3, -0.25) is 9.69 Å². The first kappa shape index (κ1) is 23.9. The van der Waals surface area contributed by atoms with Crippen molar-refractivity contribution in [3.05, 3.63) is 34.1 Å². The zero-order valence-corrected chi connectivity index (χ0v) is 20.0. The molecule has 1 aliphatic heterocycles. The molecule has 7 nitrogen and oxygen atoms in total. The van der Waals surface area contributed by atoms with Crippen LogP contribution in [0, 0.1) is 12.8 Å². The van der Waals surface area contributed by atoms with E-state index < -0.39 is 12.5 Å². The predicted molar refractivity (Wildman–Crippen MR) is 122 cm³/mol. The molecule has 2 aliphatic rings. The van der Waals surface area contributed by atoms with Crippen molar-refractivity contribution in [1.82, 2.24) is 25.4 Å². The van der Waals surface area contributed by atoms with Gasteiger partial charge >= 0.3 is 0 Å². The number of thiazole rings is 1. The van der Waals surface area contributed by atoms with Crippen molar-refractivity contribution in [1.29, 1.82) is 0 Å². The Labute approximate surface area is 196 Å². The molecule has 2 aromatic rings. The van der Waals surface area contributed by atoms with E-state index in [2.05, 4.69) is 25.4 Å². The summed E-state index contributed by atoms with van der Waals surface area (Å²) in [5.74, 6) is -2.26. The number of nitrogens with one attached hydrogen (secondary N) is 1. The van der Waals surface area contributed by atoms with Crippen molar-refractivity contribution in [3.63, 3.8) is 0 Å². The highest BCUT2D eigenvalue weighted by atomic mass is 32.1. The van der Waals surface area contributed by atoms with Crippen LogP contribution in [-0.2, 0) is 13.0 Å². The molecule has 0 atom stereocenters. The van der Waals surface area contributed by atoms with Gasteiger partial charge in [0.1, 0.15) is 0 Å². The van der Waals surface area contributed by atoms with Crippen molar-refractivity contribution in [2.75, 3.05) is 19.7 Å². The van der Waals surface area contributed by atoms with Crippen molar-refractivity contribution in [2.45, 2.75) is 70.9 Å². The summed E-state index contributed by atoms with van der Waals surface area (Å²) in [7, 11) is 0. The number of ether oxygens (including phenoxy) is 1. The average Bonchev–Trinajstić information content (AvgIpc) is 3.19. The number of hydrogen-bond acceptors (Lipinski definition) is 7. The van der Waals surface area contributed by atoms with Crippen molar-refractivity contribution >= 4 is 17.2 Å². The lowest BCUT2D eigenvalue weighted by atomic mass is 9.84. The van der Waals surface area contributed by atoms with Gasteiger partial charge in [0.15, 0.2) is 6.61 Å². The third-order valence-electron chi connectivity index (χ3n) is 6.42. The van der Waals surface area contributed by atoms with Crippen LogP contribution in [0.1, 0.15) is 65.7 Å². The standard InChI is InChI=1S/C23H31F2N5O2S/c1-15-18(7-10-26-29-15)21(31)27-17-5-3-16(4-6-17)8-11-30-12-9-20-19(13-30)28-22(33-20)32-14-23(2,24)25/h7,10,16-17H,3-6,8-9,11-14H2,1-2H3,(H,27,31)/t16-,17-. The largest absolute Gasteiger partial charge is 0.464 e. The molecule has 0 bridgehead atoms. The monoisotopic (exact) mass is 479 g/mol. The van der Waals surface area contributed by atoms with Gasteiger partial charge < -0.3 is 10.1 Å². The average molecular weight is 480 g/mol. The minimum Gasteiger partial charge on any atom is -0.464 e. The highest BCUT2D eigenvalue weighted by molar-refractivity contribution is 7.13. The van der Waals surface area contributed by atoms with Gasteiger partial charge in [-0.05, 0) is 64.0 Å². The Morgan fingerprint density at radius 3 is 2.85 bits per heavy atom. The Morgan fingerprint density at radius 2 is 2.12 bits per heavy atom. The maximum atomic E-state index is 13.0. The molecule has 1 fully saturated rings. The topological polar surface area (TPSA) is 80.2 Å². The van der Waals surface area contributed by atoms with E-state index in [-0.39, 0.29) is 11.9 Å². The van der Waals surface area contributed by atoms with E-state index in [1.807, 2.05) is 0 Å². The number of halogens is 2. The molecule has 0 spiro atoms. The van der Waals surface area contributed by atoms with Crippen LogP contribution in [0.2, 0.25) is 0 Å². The molecule has 180 valence electrons. The Kier molecular flexibility index (Phi) is 7.53. The molecule has 0 saturated heterocycles. The molecule has 2 aromatic heterocycles. The fourth-order valence-electron chi connectivity index (χ4n) is 4.54. The van der Waals surface area contributed by atoms with Gasteiger partial charge in [0.2, 0.25) is 0 Å². The van der Waals surface area contributed by atoms with Gasteiger partial charge in [-0.15, -0.1) is 0 Å². The van der Waals surface area contributed by atoms with Crippen LogP contribution in [0.5, 0.6) is 5.19 Å². The summed E-state index contributed by atoms with van der Waals surface area (Å²) in [4.78, 5) is 20.5. The van der Waals surface area contributed by atoms with Crippen LogP contribution in [0.15, 0.2) is 12.3 Å². The Balaban J connectivity index is 1.18. The summed E-state index contributed by atoms with van der Waals surface area (Å²) in [6.45, 7) is 4.73. The molecule has 0 aromatic carbocycles. The van der Waals surface area contributed by atoms with E-state index in [9.17, 15) is 13.6 Å². The van der Waals surface area contributed by atoms with E-state index >= 15 is 0 Å². The number of hydrogen-bond donors (Lipinski definition) is 1. The smallest absolute Gasteiger partial charge is 0.278 e. The van der Waals surface area contributed by atoms with E-state index in [4.69, 9.17) is 4.74 Å². The predicted octanol–water partition coefficient (Wildman–Crippen LogP) is 4.01. The van der Waals surface area contributed by atoms with Gasteiger partial charge in [0, 0.05) is 30.9 Å². The molecule has 1 saturated carbocycles. The molecule has 0 radical (unpaired) electrons. The first-order valence-corrected chi connectivity index (χ1v) is 12.4. The van der Waals surface area contributed by atoms with Gasteiger partial charge in [-0.25, -0.2) is 13.8 Å². The quantitative estimate of drug-likeness (QED) is 0.616. The molecular weight excluding hydrogens is 448 g/mol. The molecule has 1 amide bonds. The number of aryl methyl sites for hydroxylation is 1. The van der Waals surface area contributed by atoms with Crippen LogP contribution in [0.25, 0.3) is 0 Å². The summed E-state index contributed by atoms with van der Waals surface area (Å²) in [5.41, 5.74) is 2.21.